The van der Waals surface area contributed by atoms with Crippen molar-refractivity contribution >= 4 is 6.98 Å². The summed E-state index contributed by atoms with van der Waals surface area (Å²) in [7, 11) is 0. The summed E-state index contributed by atoms with van der Waals surface area (Å²) < 4.78 is 50.6. The van der Waals surface area contributed by atoms with E-state index in [1.807, 2.05) is 0 Å². The van der Waals surface area contributed by atoms with E-state index in [-0.39, 0.29) is 0 Å². The predicted octanol–water partition coefficient (Wildman–Crippen LogP) is 1.46. The Morgan fingerprint density at radius 2 is 1.80 bits per heavy atom. The first-order chi connectivity index (χ1) is 3.25. The minimum absolute atomic E-state index is 3.75. The van der Waals surface area contributed by atoms with E-state index in [4.69, 9.17) is 4.11 Å². The molecule has 0 saturated carbocycles. The Morgan fingerprint density at radius 1 is 1.60 bits per heavy atom. The van der Waals surface area contributed by atoms with Crippen molar-refractivity contribution in [1.82, 2.24) is 0 Å². The lowest BCUT2D eigenvalue weighted by Crippen LogP contribution is -2.04. The molecule has 0 aliphatic rings. The molecule has 0 saturated heterocycles. The van der Waals surface area contributed by atoms with Crippen LogP contribution < -0.4 is 0 Å². The van der Waals surface area contributed by atoms with Gasteiger partial charge in [0.05, 0.1) is 0 Å². The fourth-order valence-electron chi connectivity index (χ4n) is 0. The molecule has 0 N–H and O–H groups in total. The molecule has 0 amide bonds. The van der Waals surface area contributed by atoms with Gasteiger partial charge in [-0.15, -0.1) is 0 Å². The molecular formula is CH3BF3-. The highest BCUT2D eigenvalue weighted by molar-refractivity contribution is 6.56. The maximum Gasteiger partial charge on any atom is 0.475 e. The molecule has 0 aromatic heterocycles. The van der Waals surface area contributed by atoms with E-state index in [0.29, 0.717) is 0 Å². The summed E-state index contributed by atoms with van der Waals surface area (Å²) in [5.41, 5.74) is 0. The van der Waals surface area contributed by atoms with Crippen LogP contribution in [0, 0.1) is 0 Å². The van der Waals surface area contributed by atoms with Crippen molar-refractivity contribution in [3.05, 3.63) is 0 Å². The fraction of sp³-hybridized carbons (Fsp3) is 1.00. The van der Waals surface area contributed by atoms with E-state index in [9.17, 15) is 12.9 Å². The molecule has 0 aromatic carbocycles. The second-order valence-electron chi connectivity index (χ2n) is 0.575. The number of halogens is 3. The van der Waals surface area contributed by atoms with E-state index < -0.39 is 13.7 Å². The Hall–Kier alpha value is -0.145. The van der Waals surface area contributed by atoms with Crippen molar-refractivity contribution in [2.24, 2.45) is 0 Å². The highest BCUT2D eigenvalue weighted by atomic mass is 19.4. The van der Waals surface area contributed by atoms with Gasteiger partial charge in [0, 0.05) is 0 Å². The topological polar surface area (TPSA) is 0 Å². The molecule has 0 heterocycles. The van der Waals surface area contributed by atoms with Gasteiger partial charge < -0.3 is 12.9 Å². The van der Waals surface area contributed by atoms with E-state index in [0.717, 1.165) is 0 Å². The molecular weight excluding hydrogens is 79.8 g/mol. The van der Waals surface area contributed by atoms with Gasteiger partial charge in [-0.2, -0.15) is 0 Å². The van der Waals surface area contributed by atoms with Crippen molar-refractivity contribution in [1.29, 1.82) is 0 Å². The largest absolute Gasteiger partial charge is 0.475 e. The summed E-state index contributed by atoms with van der Waals surface area (Å²) in [6.45, 7) is -9.40. The molecule has 5 heavy (non-hydrogen) atoms. The van der Waals surface area contributed by atoms with E-state index in [1.54, 1.807) is 0 Å². The van der Waals surface area contributed by atoms with Gasteiger partial charge in [-0.25, -0.2) is 0 Å². The Bertz CT molecular complexity index is 69.5. The Morgan fingerprint density at radius 3 is 1.80 bits per heavy atom. The average molecular weight is 85.9 g/mol. The van der Waals surface area contributed by atoms with Gasteiger partial charge in [-0.3, -0.25) is 0 Å². The summed E-state index contributed by atoms with van der Waals surface area (Å²) in [4.78, 5) is 0. The van der Waals surface area contributed by atoms with Crippen molar-refractivity contribution < 1.29 is 17.1 Å². The first kappa shape index (κ1) is 1.54. The minimum Gasteiger partial charge on any atom is -0.449 e. The van der Waals surface area contributed by atoms with Crippen LogP contribution in [-0.4, -0.2) is 6.98 Å². The third kappa shape index (κ3) is 630. The van der Waals surface area contributed by atoms with E-state index >= 15 is 0 Å². The second kappa shape index (κ2) is 0.917. The van der Waals surface area contributed by atoms with Crippen LogP contribution in [0.3, 0.4) is 0 Å². The molecule has 0 nitrogen and oxygen atoms in total. The number of rotatable bonds is 0. The average Bonchev–Trinajstić information content (AvgIpc) is 1.25. The Labute approximate surface area is 32.3 Å². The molecule has 0 aliphatic carbocycles. The molecule has 0 bridgehead atoms. The molecule has 0 rings (SSSR count). The second-order valence-corrected chi connectivity index (χ2v) is 0.575. The predicted molar refractivity (Wildman–Crippen MR) is 14.9 cm³/mol. The fourth-order valence-corrected chi connectivity index (χ4v) is 0. The Kier molecular flexibility index (Phi) is 0.281. The van der Waals surface area contributed by atoms with Crippen LogP contribution in [0.5, 0.6) is 0 Å². The molecule has 0 unspecified atom stereocenters. The van der Waals surface area contributed by atoms with Gasteiger partial charge in [0.1, 0.15) is 0 Å². The zero-order valence-electron chi connectivity index (χ0n) is 5.21. The van der Waals surface area contributed by atoms with Crippen LogP contribution >= 0.6 is 0 Å². The third-order valence-corrected chi connectivity index (χ3v) is 0. The molecule has 0 fully saturated rings. The summed E-state index contributed by atoms with van der Waals surface area (Å²) in [5, 5.41) is 0. The summed E-state index contributed by atoms with van der Waals surface area (Å²) in [6, 6.07) is 0. The lowest BCUT2D eigenvalue weighted by atomic mass is 9.99. The minimum atomic E-state index is -5.65. The van der Waals surface area contributed by atoms with Gasteiger partial charge in [0.15, 0.2) is 0 Å². The van der Waals surface area contributed by atoms with Crippen LogP contribution in [0.2, 0.25) is 6.75 Å². The van der Waals surface area contributed by atoms with Gasteiger partial charge in [0.25, 0.3) is 0 Å². The normalized spacial score (nSPS) is 23.4. The van der Waals surface area contributed by atoms with Crippen LogP contribution in [0.25, 0.3) is 0 Å². The van der Waals surface area contributed by atoms with Gasteiger partial charge in [-0.1, -0.05) is 6.75 Å². The summed E-state index contributed by atoms with van der Waals surface area (Å²) >= 11 is 0. The Balaban J connectivity index is 4.02. The van der Waals surface area contributed by atoms with Crippen molar-refractivity contribution in [3.8, 4) is 0 Å². The molecule has 0 atom stereocenters. The SMILES string of the molecule is [2H]C([2H])([2H])[B-](F)(F)F. The quantitative estimate of drug-likeness (QED) is 0.391. The van der Waals surface area contributed by atoms with Crippen LogP contribution in [0.15, 0.2) is 0 Å². The molecule has 0 spiro atoms. The maximum atomic E-state index is 11.1. The number of hydrogen-bond donors (Lipinski definition) is 0. The third-order valence-electron chi connectivity index (χ3n) is 0. The van der Waals surface area contributed by atoms with Crippen LogP contribution in [0.4, 0.5) is 12.9 Å². The van der Waals surface area contributed by atoms with Gasteiger partial charge in [-0.05, 0) is 4.11 Å². The van der Waals surface area contributed by atoms with Gasteiger partial charge in [0.2, 0.25) is 0 Å². The van der Waals surface area contributed by atoms with Crippen molar-refractivity contribution in [2.75, 3.05) is 0 Å². The molecule has 4 heteroatoms. The van der Waals surface area contributed by atoms with E-state index in [2.05, 4.69) is 0 Å². The highest BCUT2D eigenvalue weighted by Crippen LogP contribution is 2.03. The molecule has 0 aliphatic heterocycles. The first-order valence-electron chi connectivity index (χ1n) is 2.44. The number of hydrogen-bond acceptors (Lipinski definition) is 0. The standard InChI is InChI=1S/CH3BF3/c1-2(3,4)5/h1H3/q-1/i1D3. The van der Waals surface area contributed by atoms with E-state index in [1.165, 1.54) is 0 Å². The lowest BCUT2D eigenvalue weighted by molar-refractivity contribution is 0.487. The maximum absolute atomic E-state index is 11.1. The monoisotopic (exact) mass is 86.0 g/mol. The van der Waals surface area contributed by atoms with Crippen molar-refractivity contribution in [2.45, 2.75) is 6.75 Å². The zero-order chi connectivity index (χ0) is 7.00. The van der Waals surface area contributed by atoms with Crippen LogP contribution in [-0.2, 0) is 0 Å². The molecule has 0 radical (unpaired) electrons. The van der Waals surface area contributed by atoms with Gasteiger partial charge >= 0.3 is 6.98 Å². The molecule has 0 aromatic rings. The first-order valence-corrected chi connectivity index (χ1v) is 0.943. The van der Waals surface area contributed by atoms with Crippen molar-refractivity contribution in [3.63, 3.8) is 0 Å². The smallest absolute Gasteiger partial charge is 0.449 e. The highest BCUT2D eigenvalue weighted by Gasteiger charge is 2.11. The summed E-state index contributed by atoms with van der Waals surface area (Å²) in [6.07, 6.45) is 0. The van der Waals surface area contributed by atoms with Crippen LogP contribution in [0.1, 0.15) is 4.11 Å². The lowest BCUT2D eigenvalue weighted by Gasteiger charge is -1.99. The summed E-state index contributed by atoms with van der Waals surface area (Å²) in [5.74, 6) is 0. The molecule has 32 valence electrons. The zero-order valence-corrected chi connectivity index (χ0v) is 2.21.